The van der Waals surface area contributed by atoms with Crippen molar-refractivity contribution in [2.24, 2.45) is 17.6 Å². The lowest BCUT2D eigenvalue weighted by molar-refractivity contribution is -0.120. The number of carbonyl (C=O) groups excluding carboxylic acids is 4. The van der Waals surface area contributed by atoms with Crippen LogP contribution in [-0.4, -0.2) is 99.4 Å². The predicted molar refractivity (Wildman–Crippen MR) is 191 cm³/mol. The van der Waals surface area contributed by atoms with E-state index in [1.165, 1.54) is 57.6 Å². The van der Waals surface area contributed by atoms with Gasteiger partial charge in [-0.2, -0.15) is 0 Å². The number of methoxy groups -OCH3 is 2. The number of benzene rings is 1. The number of nitrogens with zero attached hydrogens (tertiary/aromatic N) is 1. The van der Waals surface area contributed by atoms with Gasteiger partial charge in [0.1, 0.15) is 17.6 Å². The fourth-order valence-corrected chi connectivity index (χ4v) is 6.15. The van der Waals surface area contributed by atoms with Crippen molar-refractivity contribution in [3.63, 3.8) is 0 Å². The number of fused-ring (bicyclic) bond motifs is 2. The molecule has 1 aliphatic carbocycles. The number of nitrogens with two attached hydrogens (primary N) is 1. The van der Waals surface area contributed by atoms with E-state index in [1.54, 1.807) is 26.0 Å². The number of ether oxygens (including phenoxy) is 3. The monoisotopic (exact) mass is 710 g/mol. The Morgan fingerprint density at radius 2 is 1.75 bits per heavy atom. The zero-order valence-electron chi connectivity index (χ0n) is 30.6. The number of Topliss-reactive ketones (excluding diaryl/α,β-unsaturated/α-hetero) is 2. The van der Waals surface area contributed by atoms with E-state index in [2.05, 4.69) is 10.6 Å². The summed E-state index contributed by atoms with van der Waals surface area (Å²) in [4.78, 5) is 56.3. The number of rotatable bonds is 8. The second-order valence-corrected chi connectivity index (χ2v) is 13.3. The highest BCUT2D eigenvalue weighted by Crippen LogP contribution is 2.34. The molecule has 51 heavy (non-hydrogen) atoms. The van der Waals surface area contributed by atoms with Crippen molar-refractivity contribution < 1.29 is 42.9 Å². The van der Waals surface area contributed by atoms with Crippen LogP contribution >= 0.6 is 0 Å². The van der Waals surface area contributed by atoms with Gasteiger partial charge in [0.15, 0.2) is 6.10 Å². The molecule has 0 saturated carbocycles. The van der Waals surface area contributed by atoms with Crippen LogP contribution in [0.25, 0.3) is 5.57 Å². The Labute approximate surface area is 299 Å². The molecule has 1 aliphatic heterocycles. The minimum Gasteiger partial charge on any atom is -0.439 e. The van der Waals surface area contributed by atoms with Crippen LogP contribution in [0.15, 0.2) is 76.7 Å². The number of aliphatic hydroxyl groups is 1. The quantitative estimate of drug-likeness (QED) is 0.231. The number of hydrogen-bond acceptors (Lipinski definition) is 10. The van der Waals surface area contributed by atoms with Crippen LogP contribution in [0.3, 0.4) is 0 Å². The van der Waals surface area contributed by atoms with Crippen molar-refractivity contribution in [1.82, 2.24) is 15.5 Å². The van der Waals surface area contributed by atoms with Crippen molar-refractivity contribution in [1.29, 1.82) is 0 Å². The van der Waals surface area contributed by atoms with Crippen molar-refractivity contribution >= 4 is 29.1 Å². The van der Waals surface area contributed by atoms with Gasteiger partial charge in [-0.25, -0.2) is 9.18 Å². The molecular weight excluding hydrogens is 659 g/mol. The van der Waals surface area contributed by atoms with Gasteiger partial charge in [-0.3, -0.25) is 14.4 Å². The number of ketones is 2. The maximum Gasteiger partial charge on any atom is 0.405 e. The molecule has 0 fully saturated rings. The highest BCUT2D eigenvalue weighted by atomic mass is 19.1. The lowest BCUT2D eigenvalue weighted by atomic mass is 9.81. The maximum absolute atomic E-state index is 14.5. The minimum absolute atomic E-state index is 0.0715. The van der Waals surface area contributed by atoms with Gasteiger partial charge in [-0.1, -0.05) is 50.3 Å². The molecule has 0 unspecified atom stereocenters. The highest BCUT2D eigenvalue weighted by Gasteiger charge is 2.38. The number of likely N-dealkylation sites (N-methyl/N-ethyl adjacent to an activating group) is 1. The molecule has 0 aromatic heterocycles. The van der Waals surface area contributed by atoms with Gasteiger partial charge >= 0.3 is 6.09 Å². The Balaban J connectivity index is 2.24. The molecule has 0 saturated heterocycles. The Hall–Kier alpha value is -4.43. The van der Waals surface area contributed by atoms with E-state index in [4.69, 9.17) is 19.9 Å². The summed E-state index contributed by atoms with van der Waals surface area (Å²) in [6, 6.07) is 5.13. The first-order valence-electron chi connectivity index (χ1n) is 16.8. The van der Waals surface area contributed by atoms with Gasteiger partial charge in [0.25, 0.3) is 5.91 Å². The largest absolute Gasteiger partial charge is 0.439 e. The van der Waals surface area contributed by atoms with Crippen LogP contribution in [0.1, 0.15) is 46.1 Å². The number of aliphatic hydroxyl groups excluding tert-OH is 1. The van der Waals surface area contributed by atoms with Crippen LogP contribution in [0.4, 0.5) is 9.18 Å². The van der Waals surface area contributed by atoms with Gasteiger partial charge in [0.2, 0.25) is 11.6 Å². The number of hydrogen-bond donors (Lipinski definition) is 4. The fourth-order valence-electron chi connectivity index (χ4n) is 6.15. The summed E-state index contributed by atoms with van der Waals surface area (Å²) in [7, 11) is 6.66. The van der Waals surface area contributed by atoms with Crippen molar-refractivity contribution in [2.45, 2.75) is 65.0 Å². The molecule has 12 nitrogen and oxygen atoms in total. The average molecular weight is 711 g/mol. The van der Waals surface area contributed by atoms with Gasteiger partial charge in [0.05, 0.1) is 23.5 Å². The zero-order chi connectivity index (χ0) is 38.0. The Morgan fingerprint density at radius 1 is 1.08 bits per heavy atom. The summed E-state index contributed by atoms with van der Waals surface area (Å²) in [6.45, 7) is 7.83. The molecule has 6 atom stereocenters. The normalized spacial score (nSPS) is 25.8. The van der Waals surface area contributed by atoms with Gasteiger partial charge in [-0.05, 0) is 70.0 Å². The summed E-state index contributed by atoms with van der Waals surface area (Å²) in [6.07, 6.45) is 2.23. The lowest BCUT2D eigenvalue weighted by Gasteiger charge is -2.30. The molecule has 1 aromatic carbocycles. The first kappa shape index (κ1) is 41.0. The fraction of sp³-hybridized carbons (Fsp3) is 0.474. The van der Waals surface area contributed by atoms with Crippen LogP contribution < -0.4 is 16.4 Å². The number of carbonyl (C=O) groups is 4. The molecule has 2 aliphatic rings. The third-order valence-corrected chi connectivity index (χ3v) is 8.94. The topological polar surface area (TPSA) is 170 Å². The van der Waals surface area contributed by atoms with Crippen molar-refractivity contribution in [2.75, 3.05) is 41.4 Å². The van der Waals surface area contributed by atoms with E-state index in [0.29, 0.717) is 25.1 Å². The SMILES string of the molecule is CO[C@H]1C=CC=C(C)C(=O)NC2=C(c3ccc(F)cc3)C(=O)C(NCCN(C)C)=C(C[C@@H](C)C[C@H](OC)[C@H](O)[C@@H](C)C=C(C)[C@@H]1OC(N)=O)C2=O. The van der Waals surface area contributed by atoms with Crippen molar-refractivity contribution in [3.8, 4) is 0 Å². The van der Waals surface area contributed by atoms with E-state index < -0.39 is 59.7 Å². The smallest absolute Gasteiger partial charge is 0.405 e. The Bertz CT molecular complexity index is 1610. The van der Waals surface area contributed by atoms with Crippen LogP contribution in [-0.2, 0) is 28.6 Å². The molecule has 0 radical (unpaired) electrons. The number of amides is 2. The summed E-state index contributed by atoms with van der Waals surface area (Å²) in [5.41, 5.74) is 6.37. The third kappa shape index (κ3) is 10.8. The summed E-state index contributed by atoms with van der Waals surface area (Å²) < 4.78 is 30.8. The molecule has 1 aromatic rings. The zero-order valence-corrected chi connectivity index (χ0v) is 30.6. The minimum atomic E-state index is -1.02. The summed E-state index contributed by atoms with van der Waals surface area (Å²) >= 11 is 0. The predicted octanol–water partition coefficient (Wildman–Crippen LogP) is 3.58. The van der Waals surface area contributed by atoms with Crippen LogP contribution in [0.2, 0.25) is 0 Å². The Kier molecular flexibility index (Phi) is 15.0. The average Bonchev–Trinajstić information content (AvgIpc) is 3.07. The first-order valence-corrected chi connectivity index (χ1v) is 16.8. The molecule has 3 rings (SSSR count). The summed E-state index contributed by atoms with van der Waals surface area (Å²) in [5, 5.41) is 17.3. The molecular formula is C38H51FN4O8. The molecule has 5 N–H and O–H groups in total. The second kappa shape index (κ2) is 18.7. The summed E-state index contributed by atoms with van der Waals surface area (Å²) in [5.74, 6) is -3.05. The molecule has 2 amide bonds. The number of allylic oxidation sites excluding steroid dienone is 4. The second-order valence-electron chi connectivity index (χ2n) is 13.3. The third-order valence-electron chi connectivity index (χ3n) is 8.94. The van der Waals surface area contributed by atoms with E-state index >= 15 is 0 Å². The molecule has 278 valence electrons. The van der Waals surface area contributed by atoms with Gasteiger partial charge in [-0.15, -0.1) is 0 Å². The Morgan fingerprint density at radius 3 is 2.33 bits per heavy atom. The molecule has 13 heteroatoms. The number of primary amides is 1. The number of halogens is 1. The number of nitrogens with one attached hydrogen (secondary N) is 2. The molecule has 2 bridgehead atoms. The van der Waals surface area contributed by atoms with Crippen molar-refractivity contribution in [3.05, 3.63) is 88.1 Å². The first-order chi connectivity index (χ1) is 24.1. The maximum atomic E-state index is 14.5. The van der Waals surface area contributed by atoms with Crippen LogP contribution in [0.5, 0.6) is 0 Å². The molecule has 0 spiro atoms. The standard InChI is InChI=1S/C38H51FN4O8/c1-21-18-27-31(41-16-17-43(5)6)35(46)30(25-12-14-26(39)15-13-25)32(34(27)45)42-37(47)22(2)10-9-11-28(49-7)36(51-38(40)48)24(4)20-23(3)33(44)29(19-21)50-8/h9-15,20-21,23,28-29,33,36,41,44H,16-19H2,1-8H3,(H2,40,48)(H,42,47)/t21-,23+,28+,29+,33-,36+/m1/s1. The molecule has 1 heterocycles. The van der Waals surface area contributed by atoms with Gasteiger partial charge in [0, 0.05) is 44.4 Å². The van der Waals surface area contributed by atoms with E-state index in [9.17, 15) is 28.7 Å². The highest BCUT2D eigenvalue weighted by molar-refractivity contribution is 6.39. The van der Waals surface area contributed by atoms with E-state index in [0.717, 1.165) is 0 Å². The lowest BCUT2D eigenvalue weighted by Crippen LogP contribution is -2.40. The van der Waals surface area contributed by atoms with E-state index in [1.807, 2.05) is 25.9 Å². The van der Waals surface area contributed by atoms with E-state index in [-0.39, 0.29) is 46.0 Å². The van der Waals surface area contributed by atoms with Gasteiger partial charge < -0.3 is 40.6 Å². The van der Waals surface area contributed by atoms with Crippen LogP contribution in [0, 0.1) is 17.7 Å².